The predicted molar refractivity (Wildman–Crippen MR) is 71.0 cm³/mol. The highest BCUT2D eigenvalue weighted by Gasteiger charge is 2.34. The van der Waals surface area contributed by atoms with Crippen molar-refractivity contribution < 1.29 is 18.3 Å². The molecule has 0 saturated heterocycles. The number of rotatable bonds is 6. The number of ether oxygens (including phenoxy) is 1. The molecule has 0 atom stereocenters. The van der Waals surface area contributed by atoms with Crippen molar-refractivity contribution in [2.45, 2.75) is 32.6 Å². The fourth-order valence-electron chi connectivity index (χ4n) is 1.43. The number of aromatic nitrogens is 1. The second-order valence-electron chi connectivity index (χ2n) is 4.63. The van der Waals surface area contributed by atoms with Gasteiger partial charge in [0.05, 0.1) is 18.8 Å². The summed E-state index contributed by atoms with van der Waals surface area (Å²) in [5.41, 5.74) is -0.344. The monoisotopic (exact) mass is 292 g/mol. The average molecular weight is 292 g/mol. The number of alkyl halides is 2. The van der Waals surface area contributed by atoms with Gasteiger partial charge in [-0.3, -0.25) is 4.79 Å². The molecule has 0 aromatic carbocycles. The maximum absolute atomic E-state index is 12.3. The van der Waals surface area contributed by atoms with E-state index in [-0.39, 0.29) is 12.5 Å². The van der Waals surface area contributed by atoms with Gasteiger partial charge in [-0.2, -0.15) is 0 Å². The lowest BCUT2D eigenvalue weighted by Crippen LogP contribution is -2.32. The Kier molecular flexibility index (Phi) is 5.22. The lowest BCUT2D eigenvalue weighted by molar-refractivity contribution is -0.148. The minimum absolute atomic E-state index is 0.296. The smallest absolute Gasteiger partial charge is 0.317 e. The largest absolute Gasteiger partial charge is 0.465 e. The molecule has 0 amide bonds. The lowest BCUT2D eigenvalue weighted by Gasteiger charge is -2.20. The fraction of sp³-hybridized carbons (Fsp3) is 0.667. The standard InChI is InChI=1S/C12H18F2N2O2S/c1-5-18-10(17)12(2,3)8-7-19-11(15-8)16(4)6-9(13)14/h7,9H,5-6H2,1-4H3. The van der Waals surface area contributed by atoms with Gasteiger partial charge in [-0.15, -0.1) is 11.3 Å². The van der Waals surface area contributed by atoms with E-state index >= 15 is 0 Å². The molecule has 0 aliphatic carbocycles. The van der Waals surface area contributed by atoms with E-state index in [0.29, 0.717) is 17.4 Å². The highest BCUT2D eigenvalue weighted by Crippen LogP contribution is 2.29. The third-order valence-corrected chi connectivity index (χ3v) is 3.61. The molecule has 1 aromatic rings. The number of nitrogens with zero attached hydrogens (tertiary/aromatic N) is 2. The summed E-state index contributed by atoms with van der Waals surface area (Å²) < 4.78 is 29.6. The molecular weight excluding hydrogens is 274 g/mol. The van der Waals surface area contributed by atoms with E-state index in [9.17, 15) is 13.6 Å². The Bertz CT molecular complexity index is 435. The summed E-state index contributed by atoms with van der Waals surface area (Å²) in [5, 5.41) is 2.17. The van der Waals surface area contributed by atoms with Crippen LogP contribution < -0.4 is 4.90 Å². The minimum Gasteiger partial charge on any atom is -0.465 e. The van der Waals surface area contributed by atoms with Crippen molar-refractivity contribution in [1.29, 1.82) is 0 Å². The predicted octanol–water partition coefficient (Wildman–Crippen LogP) is 2.69. The normalized spacial score (nSPS) is 11.7. The van der Waals surface area contributed by atoms with E-state index in [2.05, 4.69) is 4.98 Å². The summed E-state index contributed by atoms with van der Waals surface area (Å²) >= 11 is 1.24. The van der Waals surface area contributed by atoms with Crippen LogP contribution in [0.2, 0.25) is 0 Å². The van der Waals surface area contributed by atoms with Crippen LogP contribution in [0.4, 0.5) is 13.9 Å². The zero-order valence-electron chi connectivity index (χ0n) is 11.4. The number of carbonyl (C=O) groups is 1. The first-order valence-electron chi connectivity index (χ1n) is 5.91. The molecule has 0 N–H and O–H groups in total. The SMILES string of the molecule is CCOC(=O)C(C)(C)c1csc(N(C)CC(F)F)n1. The molecule has 19 heavy (non-hydrogen) atoms. The maximum atomic E-state index is 12.3. The van der Waals surface area contributed by atoms with Gasteiger partial charge < -0.3 is 9.64 Å². The van der Waals surface area contributed by atoms with E-state index in [1.54, 1.807) is 33.2 Å². The van der Waals surface area contributed by atoms with Gasteiger partial charge in [0, 0.05) is 12.4 Å². The van der Waals surface area contributed by atoms with Gasteiger partial charge in [-0.05, 0) is 20.8 Å². The fourth-order valence-corrected chi connectivity index (χ4v) is 2.40. The summed E-state index contributed by atoms with van der Waals surface area (Å²) in [5.74, 6) is -0.372. The maximum Gasteiger partial charge on any atom is 0.317 e. The number of carbonyl (C=O) groups excluding carboxylic acids is 1. The van der Waals surface area contributed by atoms with Crippen molar-refractivity contribution >= 4 is 22.4 Å². The third-order valence-electron chi connectivity index (χ3n) is 2.66. The molecule has 0 saturated carbocycles. The van der Waals surface area contributed by atoms with Crippen LogP contribution in [-0.4, -0.2) is 37.6 Å². The van der Waals surface area contributed by atoms with Crippen molar-refractivity contribution in [2.24, 2.45) is 0 Å². The molecular formula is C12H18F2N2O2S. The van der Waals surface area contributed by atoms with Gasteiger partial charge in [0.2, 0.25) is 0 Å². The van der Waals surface area contributed by atoms with E-state index < -0.39 is 11.8 Å². The second kappa shape index (κ2) is 6.27. The first-order valence-corrected chi connectivity index (χ1v) is 6.79. The van der Waals surface area contributed by atoms with Crippen LogP contribution in [0.3, 0.4) is 0 Å². The molecule has 0 radical (unpaired) electrons. The Balaban J connectivity index is 2.86. The number of thiazole rings is 1. The van der Waals surface area contributed by atoms with Gasteiger partial charge in [-0.25, -0.2) is 13.8 Å². The minimum atomic E-state index is -2.42. The molecule has 0 fully saturated rings. The molecule has 0 aliphatic rings. The molecule has 0 spiro atoms. The summed E-state index contributed by atoms with van der Waals surface area (Å²) in [4.78, 5) is 17.5. The zero-order valence-corrected chi connectivity index (χ0v) is 12.3. The quantitative estimate of drug-likeness (QED) is 0.756. The highest BCUT2D eigenvalue weighted by atomic mass is 32.1. The first kappa shape index (κ1) is 15.8. The molecule has 1 heterocycles. The summed E-state index contributed by atoms with van der Waals surface area (Å²) in [6.07, 6.45) is -2.42. The van der Waals surface area contributed by atoms with Crippen LogP contribution >= 0.6 is 11.3 Å². The average Bonchev–Trinajstić information content (AvgIpc) is 2.78. The van der Waals surface area contributed by atoms with Gasteiger partial charge in [-0.1, -0.05) is 0 Å². The number of anilines is 1. The summed E-state index contributed by atoms with van der Waals surface area (Å²) in [6, 6.07) is 0. The van der Waals surface area contributed by atoms with Crippen molar-refractivity contribution in [3.63, 3.8) is 0 Å². The molecule has 4 nitrogen and oxygen atoms in total. The Hall–Kier alpha value is -1.24. The van der Waals surface area contributed by atoms with E-state index in [1.165, 1.54) is 16.2 Å². The number of halogens is 2. The highest BCUT2D eigenvalue weighted by molar-refractivity contribution is 7.13. The van der Waals surface area contributed by atoms with E-state index in [4.69, 9.17) is 4.74 Å². The molecule has 7 heteroatoms. The lowest BCUT2D eigenvalue weighted by atomic mass is 9.90. The van der Waals surface area contributed by atoms with Crippen LogP contribution in [0.1, 0.15) is 26.5 Å². The van der Waals surface area contributed by atoms with E-state index in [0.717, 1.165) is 0 Å². The van der Waals surface area contributed by atoms with Crippen molar-refractivity contribution in [3.8, 4) is 0 Å². The molecule has 108 valence electrons. The topological polar surface area (TPSA) is 42.4 Å². The van der Waals surface area contributed by atoms with Gasteiger partial charge in [0.25, 0.3) is 6.43 Å². The third kappa shape index (κ3) is 3.86. The first-order chi connectivity index (χ1) is 8.78. The van der Waals surface area contributed by atoms with Gasteiger partial charge in [0.15, 0.2) is 5.13 Å². The Labute approximate surface area is 115 Å². The van der Waals surface area contributed by atoms with Gasteiger partial charge >= 0.3 is 5.97 Å². The Morgan fingerprint density at radius 2 is 2.21 bits per heavy atom. The van der Waals surface area contributed by atoms with Crippen LogP contribution in [0.25, 0.3) is 0 Å². The van der Waals surface area contributed by atoms with Crippen molar-refractivity contribution in [2.75, 3.05) is 25.1 Å². The summed E-state index contributed by atoms with van der Waals surface area (Å²) in [6.45, 7) is 5.06. The Morgan fingerprint density at radius 1 is 1.58 bits per heavy atom. The molecule has 0 aliphatic heterocycles. The molecule has 0 bridgehead atoms. The van der Waals surface area contributed by atoms with Crippen molar-refractivity contribution in [3.05, 3.63) is 11.1 Å². The molecule has 0 unspecified atom stereocenters. The van der Waals surface area contributed by atoms with Crippen LogP contribution in [0, 0.1) is 0 Å². The van der Waals surface area contributed by atoms with Crippen molar-refractivity contribution in [1.82, 2.24) is 4.98 Å². The molecule has 1 rings (SSSR count). The number of esters is 1. The number of hydrogen-bond donors (Lipinski definition) is 0. The van der Waals surface area contributed by atoms with Gasteiger partial charge in [0.1, 0.15) is 5.41 Å². The Morgan fingerprint density at radius 3 is 2.74 bits per heavy atom. The van der Waals surface area contributed by atoms with E-state index in [1.807, 2.05) is 0 Å². The van der Waals surface area contributed by atoms with Crippen LogP contribution in [0.15, 0.2) is 5.38 Å². The van der Waals surface area contributed by atoms with Crippen LogP contribution in [0.5, 0.6) is 0 Å². The zero-order chi connectivity index (χ0) is 14.6. The van der Waals surface area contributed by atoms with Crippen LogP contribution in [-0.2, 0) is 14.9 Å². The summed E-state index contributed by atoms with van der Waals surface area (Å²) in [7, 11) is 1.55. The second-order valence-corrected chi connectivity index (χ2v) is 5.47. The molecule has 1 aromatic heterocycles. The number of hydrogen-bond acceptors (Lipinski definition) is 5.